The van der Waals surface area contributed by atoms with Gasteiger partial charge in [0, 0.05) is 6.42 Å². The Morgan fingerprint density at radius 3 is 1.27 bits per heavy atom. The number of amides is 1. The molecule has 0 bridgehead atoms. The molecule has 1 saturated heterocycles. The molecule has 0 saturated carbocycles. The van der Waals surface area contributed by atoms with Crippen LogP contribution in [0.1, 0.15) is 316 Å². The summed E-state index contributed by atoms with van der Waals surface area (Å²) in [7, 11) is 0. The number of hydrogen-bond donors (Lipinski definition) is 6. The van der Waals surface area contributed by atoms with Gasteiger partial charge in [0.15, 0.2) is 12.4 Å². The fourth-order valence-corrected chi connectivity index (χ4v) is 10.4. The molecular formula is C63H121NO10. The van der Waals surface area contributed by atoms with Crippen molar-refractivity contribution in [1.82, 2.24) is 5.32 Å². The number of nitrogens with one attached hydrogen (secondary N) is 1. The van der Waals surface area contributed by atoms with Gasteiger partial charge in [-0.25, -0.2) is 0 Å². The second-order valence-electron chi connectivity index (χ2n) is 22.5. The molecule has 1 fully saturated rings. The summed E-state index contributed by atoms with van der Waals surface area (Å²) in [6.07, 6.45) is 48.2. The Labute approximate surface area is 455 Å². The zero-order valence-electron chi connectivity index (χ0n) is 48.5. The molecule has 0 aromatic rings. The van der Waals surface area contributed by atoms with Gasteiger partial charge in [0.05, 0.1) is 25.4 Å². The first-order valence-corrected chi connectivity index (χ1v) is 32.0. The minimum atomic E-state index is -1.61. The number of aliphatic hydroxyl groups excluding tert-OH is 5. The average molecular weight is 1050 g/mol. The Morgan fingerprint density at radius 1 is 0.514 bits per heavy atom. The molecule has 6 N–H and O–H groups in total. The van der Waals surface area contributed by atoms with Crippen LogP contribution in [0.25, 0.3) is 0 Å². The number of esters is 1. The average Bonchev–Trinajstić information content (AvgIpc) is 3.40. The van der Waals surface area contributed by atoms with Crippen molar-refractivity contribution in [3.8, 4) is 0 Å². The van der Waals surface area contributed by atoms with Crippen molar-refractivity contribution in [2.45, 2.75) is 365 Å². The lowest BCUT2D eigenvalue weighted by Gasteiger charge is -2.41. The van der Waals surface area contributed by atoms with Gasteiger partial charge in [-0.3, -0.25) is 9.59 Å². The molecule has 8 atom stereocenters. The highest BCUT2D eigenvalue weighted by atomic mass is 16.7. The van der Waals surface area contributed by atoms with E-state index in [1.807, 2.05) is 6.08 Å². The van der Waals surface area contributed by atoms with Gasteiger partial charge in [-0.2, -0.15) is 0 Å². The first-order chi connectivity index (χ1) is 36.2. The number of hydrogen-bond acceptors (Lipinski definition) is 10. The molecule has 74 heavy (non-hydrogen) atoms. The zero-order chi connectivity index (χ0) is 54.0. The summed E-state index contributed by atoms with van der Waals surface area (Å²) in [6, 6.07) is -1.02. The summed E-state index contributed by atoms with van der Waals surface area (Å²) >= 11 is 0. The standard InChI is InChI=1S/C63H121NO10/c1-4-7-10-13-16-19-22-25-27-28-29-30-32-35-38-41-44-47-50-56(67)62(71)64-54(55(66)49-46-43-40-37-34-31-24-21-18-15-12-9-6-3)53-72-63-61(60(70)59(69)57(52-65)73-63)74-58(68)51-48-45-42-39-36-33-26-23-20-17-14-11-8-5-2/h46,49,54-57,59-61,63,65-67,69-70H,4-45,47-48,50-53H2,1-3H3,(H,64,71)/b49-46+. The molecular weight excluding hydrogens is 931 g/mol. The molecule has 1 rings (SSSR count). The molecule has 438 valence electrons. The van der Waals surface area contributed by atoms with Crippen LogP contribution in [0.2, 0.25) is 0 Å². The number of carbonyl (C=O) groups excluding carboxylic acids is 2. The van der Waals surface area contributed by atoms with E-state index in [-0.39, 0.29) is 13.0 Å². The summed E-state index contributed by atoms with van der Waals surface area (Å²) in [5.74, 6) is -1.18. The van der Waals surface area contributed by atoms with Crippen LogP contribution in [-0.2, 0) is 23.8 Å². The summed E-state index contributed by atoms with van der Waals surface area (Å²) in [5, 5.41) is 57.0. The van der Waals surface area contributed by atoms with Gasteiger partial charge < -0.3 is 45.1 Å². The number of rotatable bonds is 55. The van der Waals surface area contributed by atoms with Crippen LogP contribution in [0.15, 0.2) is 12.2 Å². The first-order valence-electron chi connectivity index (χ1n) is 32.0. The fraction of sp³-hybridized carbons (Fsp3) is 0.937. The van der Waals surface area contributed by atoms with Crippen molar-refractivity contribution >= 4 is 11.9 Å². The highest BCUT2D eigenvalue weighted by Gasteiger charge is 2.47. The SMILES string of the molecule is CCCCCCCCCCCCC/C=C/C(O)C(COC1OC(CO)C(O)C(O)C1OC(=O)CCCCCCCCCCCCCCCC)NC(=O)C(O)CCCCCCCCCCCCCCCCCCCC. The Balaban J connectivity index is 2.66. The lowest BCUT2D eigenvalue weighted by molar-refractivity contribution is -0.305. The maximum absolute atomic E-state index is 13.4. The Morgan fingerprint density at radius 2 is 0.878 bits per heavy atom. The fourth-order valence-electron chi connectivity index (χ4n) is 10.4. The van der Waals surface area contributed by atoms with Gasteiger partial charge in [0.2, 0.25) is 5.91 Å². The number of allylic oxidation sites excluding steroid dienone is 1. The van der Waals surface area contributed by atoms with Crippen LogP contribution in [0, 0.1) is 0 Å². The van der Waals surface area contributed by atoms with Crippen LogP contribution in [0.3, 0.4) is 0 Å². The van der Waals surface area contributed by atoms with Crippen LogP contribution in [0.4, 0.5) is 0 Å². The van der Waals surface area contributed by atoms with Crippen molar-refractivity contribution in [3.05, 3.63) is 12.2 Å². The molecule has 1 aliphatic rings. The second-order valence-corrected chi connectivity index (χ2v) is 22.5. The maximum Gasteiger partial charge on any atom is 0.306 e. The minimum Gasteiger partial charge on any atom is -0.454 e. The minimum absolute atomic E-state index is 0.131. The van der Waals surface area contributed by atoms with Crippen LogP contribution >= 0.6 is 0 Å². The van der Waals surface area contributed by atoms with E-state index in [2.05, 4.69) is 26.1 Å². The van der Waals surface area contributed by atoms with Crippen LogP contribution < -0.4 is 5.32 Å². The lowest BCUT2D eigenvalue weighted by atomic mass is 9.99. The molecule has 1 aliphatic heterocycles. The van der Waals surface area contributed by atoms with Gasteiger partial charge in [-0.15, -0.1) is 0 Å². The first kappa shape index (κ1) is 70.4. The van der Waals surface area contributed by atoms with E-state index < -0.39 is 67.4 Å². The number of unbranched alkanes of at least 4 members (excludes halogenated alkanes) is 41. The van der Waals surface area contributed by atoms with Gasteiger partial charge in [0.1, 0.15) is 24.4 Å². The predicted molar refractivity (Wildman–Crippen MR) is 306 cm³/mol. The predicted octanol–water partition coefficient (Wildman–Crippen LogP) is 15.1. The molecule has 0 radical (unpaired) electrons. The molecule has 0 spiro atoms. The molecule has 0 aromatic carbocycles. The lowest BCUT2D eigenvalue weighted by Crippen LogP contribution is -2.61. The van der Waals surface area contributed by atoms with E-state index in [0.29, 0.717) is 19.3 Å². The van der Waals surface area contributed by atoms with Gasteiger partial charge in [-0.05, 0) is 25.7 Å². The van der Waals surface area contributed by atoms with E-state index in [1.54, 1.807) is 6.08 Å². The van der Waals surface area contributed by atoms with Crippen molar-refractivity contribution in [2.24, 2.45) is 0 Å². The molecule has 11 heteroatoms. The van der Waals surface area contributed by atoms with E-state index in [1.165, 1.54) is 212 Å². The van der Waals surface area contributed by atoms with E-state index >= 15 is 0 Å². The third-order valence-corrected chi connectivity index (χ3v) is 15.4. The molecule has 0 aromatic heterocycles. The Kier molecular flexibility index (Phi) is 49.6. The van der Waals surface area contributed by atoms with Crippen molar-refractivity contribution in [3.63, 3.8) is 0 Å². The molecule has 8 unspecified atom stereocenters. The van der Waals surface area contributed by atoms with Gasteiger partial charge >= 0.3 is 5.97 Å². The third-order valence-electron chi connectivity index (χ3n) is 15.4. The van der Waals surface area contributed by atoms with Crippen molar-refractivity contribution < 1.29 is 49.3 Å². The topological polar surface area (TPSA) is 175 Å². The van der Waals surface area contributed by atoms with Crippen LogP contribution in [0.5, 0.6) is 0 Å². The summed E-state index contributed by atoms with van der Waals surface area (Å²) in [6.45, 7) is 5.83. The highest BCUT2D eigenvalue weighted by molar-refractivity contribution is 5.80. The molecule has 0 aliphatic carbocycles. The number of carbonyl (C=O) groups is 2. The maximum atomic E-state index is 13.4. The molecule has 1 heterocycles. The van der Waals surface area contributed by atoms with E-state index in [9.17, 15) is 35.1 Å². The van der Waals surface area contributed by atoms with Gasteiger partial charge in [0.25, 0.3) is 0 Å². The zero-order valence-corrected chi connectivity index (χ0v) is 48.5. The summed E-state index contributed by atoms with van der Waals surface area (Å²) in [4.78, 5) is 26.5. The molecule has 11 nitrogen and oxygen atoms in total. The highest BCUT2D eigenvalue weighted by Crippen LogP contribution is 2.26. The van der Waals surface area contributed by atoms with Crippen molar-refractivity contribution in [2.75, 3.05) is 13.2 Å². The molecule has 1 amide bonds. The number of aliphatic hydroxyl groups is 5. The van der Waals surface area contributed by atoms with Crippen LogP contribution in [-0.4, -0.2) is 99.6 Å². The second kappa shape index (κ2) is 52.1. The van der Waals surface area contributed by atoms with E-state index in [4.69, 9.17) is 14.2 Å². The van der Waals surface area contributed by atoms with Gasteiger partial charge in [-0.1, -0.05) is 296 Å². The number of ether oxygens (including phenoxy) is 3. The smallest absolute Gasteiger partial charge is 0.306 e. The largest absolute Gasteiger partial charge is 0.454 e. The third kappa shape index (κ3) is 39.7. The monoisotopic (exact) mass is 1050 g/mol. The van der Waals surface area contributed by atoms with Crippen molar-refractivity contribution in [1.29, 1.82) is 0 Å². The summed E-state index contributed by atoms with van der Waals surface area (Å²) in [5.41, 5.74) is 0. The summed E-state index contributed by atoms with van der Waals surface area (Å²) < 4.78 is 17.6. The Hall–Kier alpha value is -1.60. The Bertz CT molecular complexity index is 1250. The normalized spacial score (nSPS) is 19.3. The quantitative estimate of drug-likeness (QED) is 0.0195. The van der Waals surface area contributed by atoms with E-state index in [0.717, 1.165) is 57.8 Å².